The summed E-state index contributed by atoms with van der Waals surface area (Å²) in [5, 5.41) is 19.8. The van der Waals surface area contributed by atoms with Gasteiger partial charge in [0.2, 0.25) is 0 Å². The molecule has 4 nitrogen and oxygen atoms in total. The zero-order valence-electron chi connectivity index (χ0n) is 26.1. The van der Waals surface area contributed by atoms with Gasteiger partial charge in [-0.25, -0.2) is 0 Å². The maximum atomic E-state index is 11.3. The van der Waals surface area contributed by atoms with Crippen molar-refractivity contribution in [3.63, 3.8) is 0 Å². The van der Waals surface area contributed by atoms with Crippen molar-refractivity contribution >= 4 is 5.97 Å². The molecule has 1 fully saturated rings. The van der Waals surface area contributed by atoms with Crippen LogP contribution in [0.15, 0.2) is 66.7 Å². The van der Waals surface area contributed by atoms with Gasteiger partial charge >= 0.3 is 5.97 Å². The van der Waals surface area contributed by atoms with Crippen LogP contribution in [0.25, 0.3) is 0 Å². The molecule has 0 radical (unpaired) electrons. The summed E-state index contributed by atoms with van der Waals surface area (Å²) in [5.41, 5.74) is 0.959. The third-order valence-corrected chi connectivity index (χ3v) is 8.00. The Balaban J connectivity index is 0.000000331. The SMILES string of the molecule is CCCC(O)(CCC)CCCc1ccccc1.CCCCCCC(C(=O)O)N1CCC(CC)C1.c1ccccc1. The van der Waals surface area contributed by atoms with E-state index in [0.717, 1.165) is 70.9 Å². The standard InChI is InChI=1S/C16H26O.C14H27NO2.C6H6/c1-3-12-16(17,13-4-2)14-8-11-15-9-6-5-7-10-15;1-3-5-6-7-8-13(14(16)17)15-10-9-12(4-2)11-15;1-2-4-6-5-3-1/h5-7,9-10,17H,3-4,8,11-14H2,1-2H3;12-13H,3-11H2,1-2H3,(H,16,17);1-6H. The summed E-state index contributed by atoms with van der Waals surface area (Å²) in [4.78, 5) is 13.5. The first-order valence-electron chi connectivity index (χ1n) is 16.1. The topological polar surface area (TPSA) is 60.8 Å². The molecular formula is C36H59NO3. The first kappa shape index (κ1) is 35.9. The lowest BCUT2D eigenvalue weighted by atomic mass is 9.87. The van der Waals surface area contributed by atoms with Crippen LogP contribution in [0.3, 0.4) is 0 Å². The molecule has 2 atom stereocenters. The van der Waals surface area contributed by atoms with Crippen molar-refractivity contribution in [2.24, 2.45) is 5.92 Å². The largest absolute Gasteiger partial charge is 0.480 e. The van der Waals surface area contributed by atoms with E-state index in [-0.39, 0.29) is 6.04 Å². The Bertz CT molecular complexity index is 809. The highest BCUT2D eigenvalue weighted by atomic mass is 16.4. The Morgan fingerprint density at radius 2 is 1.40 bits per heavy atom. The number of hydrogen-bond donors (Lipinski definition) is 2. The average molecular weight is 554 g/mol. The highest BCUT2D eigenvalue weighted by Crippen LogP contribution is 2.26. The molecule has 2 N–H and O–H groups in total. The highest BCUT2D eigenvalue weighted by molar-refractivity contribution is 5.73. The molecule has 0 saturated carbocycles. The molecule has 0 aromatic heterocycles. The second-order valence-corrected chi connectivity index (χ2v) is 11.5. The molecule has 40 heavy (non-hydrogen) atoms. The fourth-order valence-electron chi connectivity index (χ4n) is 5.66. The lowest BCUT2D eigenvalue weighted by Gasteiger charge is -2.27. The van der Waals surface area contributed by atoms with E-state index in [9.17, 15) is 15.0 Å². The summed E-state index contributed by atoms with van der Waals surface area (Å²) in [6, 6.07) is 22.3. The molecular weight excluding hydrogens is 494 g/mol. The predicted molar refractivity (Wildman–Crippen MR) is 171 cm³/mol. The van der Waals surface area contributed by atoms with Gasteiger partial charge in [-0.1, -0.05) is 139 Å². The van der Waals surface area contributed by atoms with Gasteiger partial charge in [0.25, 0.3) is 0 Å². The fourth-order valence-corrected chi connectivity index (χ4v) is 5.66. The van der Waals surface area contributed by atoms with Crippen molar-refractivity contribution in [1.82, 2.24) is 4.90 Å². The number of aryl methyl sites for hydroxylation is 1. The number of hydrogen-bond acceptors (Lipinski definition) is 3. The maximum Gasteiger partial charge on any atom is 0.320 e. The molecule has 0 aliphatic carbocycles. The number of nitrogens with zero attached hydrogens (tertiary/aromatic N) is 1. The molecule has 0 bridgehead atoms. The molecule has 3 rings (SSSR count). The number of benzene rings is 2. The minimum Gasteiger partial charge on any atom is -0.480 e. The molecule has 4 heteroatoms. The van der Waals surface area contributed by atoms with Crippen LogP contribution in [-0.4, -0.2) is 45.8 Å². The van der Waals surface area contributed by atoms with Crippen molar-refractivity contribution in [3.05, 3.63) is 72.3 Å². The quantitative estimate of drug-likeness (QED) is 0.203. The molecule has 1 saturated heterocycles. The molecule has 1 aliphatic rings. The van der Waals surface area contributed by atoms with E-state index in [2.05, 4.69) is 56.9 Å². The van der Waals surface area contributed by atoms with Crippen molar-refractivity contribution in [1.29, 1.82) is 0 Å². The predicted octanol–water partition coefficient (Wildman–Crippen LogP) is 9.17. The molecule has 226 valence electrons. The lowest BCUT2D eigenvalue weighted by Crippen LogP contribution is -2.39. The molecule has 1 heterocycles. The number of carbonyl (C=O) groups is 1. The normalized spacial score (nSPS) is 15.9. The van der Waals surface area contributed by atoms with Crippen LogP contribution in [0.5, 0.6) is 0 Å². The number of unbranched alkanes of at least 4 members (excludes halogenated alkanes) is 3. The van der Waals surface area contributed by atoms with E-state index in [0.29, 0.717) is 5.92 Å². The van der Waals surface area contributed by atoms with Gasteiger partial charge in [0.1, 0.15) is 6.04 Å². The van der Waals surface area contributed by atoms with Crippen LogP contribution >= 0.6 is 0 Å². The zero-order chi connectivity index (χ0) is 29.5. The number of carboxylic acids is 1. The summed E-state index contributed by atoms with van der Waals surface area (Å²) >= 11 is 0. The van der Waals surface area contributed by atoms with E-state index in [1.165, 1.54) is 37.7 Å². The Kier molecular flexibility index (Phi) is 20.2. The molecule has 2 unspecified atom stereocenters. The van der Waals surface area contributed by atoms with Crippen molar-refractivity contribution < 1.29 is 15.0 Å². The Labute approximate surface area is 246 Å². The average Bonchev–Trinajstić information content (AvgIpc) is 3.44. The van der Waals surface area contributed by atoms with Gasteiger partial charge in [0.05, 0.1) is 5.60 Å². The molecule has 0 amide bonds. The molecule has 2 aromatic carbocycles. The number of carboxylic acid groups (broad SMARTS) is 1. The van der Waals surface area contributed by atoms with Crippen molar-refractivity contribution in [2.75, 3.05) is 13.1 Å². The monoisotopic (exact) mass is 553 g/mol. The fraction of sp³-hybridized carbons (Fsp3) is 0.639. The molecule has 1 aliphatic heterocycles. The first-order valence-corrected chi connectivity index (χ1v) is 16.1. The van der Waals surface area contributed by atoms with Crippen LogP contribution in [0.4, 0.5) is 0 Å². The second kappa shape index (κ2) is 22.5. The summed E-state index contributed by atoms with van der Waals surface area (Å²) in [6.07, 6.45) is 15.0. The van der Waals surface area contributed by atoms with Crippen LogP contribution in [0.1, 0.15) is 117 Å². The summed E-state index contributed by atoms with van der Waals surface area (Å²) in [7, 11) is 0. The number of likely N-dealkylation sites (tertiary alicyclic amines) is 1. The molecule has 2 aromatic rings. The van der Waals surface area contributed by atoms with E-state index < -0.39 is 11.6 Å². The van der Waals surface area contributed by atoms with Crippen molar-refractivity contribution in [2.45, 2.75) is 129 Å². The summed E-state index contributed by atoms with van der Waals surface area (Å²) in [5.74, 6) is 0.0887. The summed E-state index contributed by atoms with van der Waals surface area (Å²) < 4.78 is 0. The van der Waals surface area contributed by atoms with Crippen LogP contribution in [0, 0.1) is 5.92 Å². The van der Waals surface area contributed by atoms with Gasteiger partial charge in [0, 0.05) is 6.54 Å². The van der Waals surface area contributed by atoms with Gasteiger partial charge in [-0.3, -0.25) is 9.69 Å². The van der Waals surface area contributed by atoms with Crippen LogP contribution in [0.2, 0.25) is 0 Å². The third kappa shape index (κ3) is 16.2. The first-order chi connectivity index (χ1) is 19.4. The van der Waals surface area contributed by atoms with Crippen LogP contribution in [-0.2, 0) is 11.2 Å². The minimum absolute atomic E-state index is 0.233. The minimum atomic E-state index is -0.627. The Morgan fingerprint density at radius 3 is 1.88 bits per heavy atom. The molecule has 0 spiro atoms. The van der Waals surface area contributed by atoms with Gasteiger partial charge in [-0.05, 0) is 63.0 Å². The van der Waals surface area contributed by atoms with E-state index in [4.69, 9.17) is 0 Å². The summed E-state index contributed by atoms with van der Waals surface area (Å²) in [6.45, 7) is 10.6. The van der Waals surface area contributed by atoms with Gasteiger partial charge in [-0.15, -0.1) is 0 Å². The van der Waals surface area contributed by atoms with Crippen LogP contribution < -0.4 is 0 Å². The number of aliphatic carboxylic acids is 1. The zero-order valence-corrected chi connectivity index (χ0v) is 26.1. The van der Waals surface area contributed by atoms with Crippen molar-refractivity contribution in [3.8, 4) is 0 Å². The van der Waals surface area contributed by atoms with Gasteiger partial charge in [0.15, 0.2) is 0 Å². The van der Waals surface area contributed by atoms with E-state index in [1.54, 1.807) is 0 Å². The highest BCUT2D eigenvalue weighted by Gasteiger charge is 2.31. The van der Waals surface area contributed by atoms with Gasteiger partial charge in [-0.2, -0.15) is 0 Å². The smallest absolute Gasteiger partial charge is 0.320 e. The second-order valence-electron chi connectivity index (χ2n) is 11.5. The lowest BCUT2D eigenvalue weighted by molar-refractivity contribution is -0.143. The van der Waals surface area contributed by atoms with E-state index >= 15 is 0 Å². The van der Waals surface area contributed by atoms with E-state index in [1.807, 2.05) is 42.5 Å². The number of aliphatic hydroxyl groups is 1. The number of rotatable bonds is 16. The van der Waals surface area contributed by atoms with Gasteiger partial charge < -0.3 is 10.2 Å². The Morgan fingerprint density at radius 1 is 0.825 bits per heavy atom. The maximum absolute atomic E-state index is 11.3. The Hall–Kier alpha value is -2.17. The third-order valence-electron chi connectivity index (χ3n) is 8.00.